The summed E-state index contributed by atoms with van der Waals surface area (Å²) >= 11 is 0. The number of carbonyl (C=O) groups is 1. The highest BCUT2D eigenvalue weighted by Crippen LogP contribution is 2.23. The minimum Gasteiger partial charge on any atom is -0.319 e. The Kier molecular flexibility index (Phi) is 4.44. The fourth-order valence-electron chi connectivity index (χ4n) is 3.16. The molecule has 3 heterocycles. The molecule has 0 fully saturated rings. The maximum Gasteiger partial charge on any atom is 0.257 e. The van der Waals surface area contributed by atoms with E-state index in [1.807, 2.05) is 18.4 Å². The zero-order valence-corrected chi connectivity index (χ0v) is 15.3. The predicted octanol–water partition coefficient (Wildman–Crippen LogP) is 3.46. The molecule has 1 N–H and O–H groups in total. The van der Waals surface area contributed by atoms with Crippen molar-refractivity contribution in [3.63, 3.8) is 0 Å². The van der Waals surface area contributed by atoms with Crippen molar-refractivity contribution in [2.75, 3.05) is 5.32 Å². The van der Waals surface area contributed by atoms with Gasteiger partial charge in [-0.05, 0) is 56.3 Å². The number of nitrogens with zero attached hydrogens (tertiary/aromatic N) is 5. The van der Waals surface area contributed by atoms with E-state index in [0.717, 1.165) is 17.1 Å². The van der Waals surface area contributed by atoms with Gasteiger partial charge in [-0.3, -0.25) is 4.79 Å². The van der Waals surface area contributed by atoms with Crippen molar-refractivity contribution in [2.24, 2.45) is 0 Å². The van der Waals surface area contributed by atoms with E-state index < -0.39 is 0 Å². The second-order valence-electron chi connectivity index (χ2n) is 6.27. The molecule has 8 heteroatoms. The second-order valence-corrected chi connectivity index (χ2v) is 6.27. The van der Waals surface area contributed by atoms with Gasteiger partial charge in [0.25, 0.3) is 5.91 Å². The van der Waals surface area contributed by atoms with Crippen LogP contribution in [0.4, 0.5) is 10.1 Å². The molecule has 0 saturated carbocycles. The lowest BCUT2D eigenvalue weighted by atomic mass is 10.2. The molecule has 0 saturated heterocycles. The van der Waals surface area contributed by atoms with Crippen molar-refractivity contribution in [2.45, 2.75) is 13.8 Å². The first-order chi connectivity index (χ1) is 13.5. The van der Waals surface area contributed by atoms with Crippen LogP contribution in [0.2, 0.25) is 0 Å². The van der Waals surface area contributed by atoms with Crippen LogP contribution < -0.4 is 5.32 Å². The summed E-state index contributed by atoms with van der Waals surface area (Å²) in [7, 11) is 0. The summed E-state index contributed by atoms with van der Waals surface area (Å²) in [5, 5.41) is 6.96. The topological polar surface area (TPSA) is 77.6 Å². The largest absolute Gasteiger partial charge is 0.319 e. The molecule has 4 aromatic rings. The van der Waals surface area contributed by atoms with Crippen molar-refractivity contribution in [1.29, 1.82) is 0 Å². The second kappa shape index (κ2) is 7.07. The Morgan fingerprint density at radius 1 is 1.14 bits per heavy atom. The fraction of sp³-hybridized carbons (Fsp3) is 0.100. The number of pyridine rings is 1. The van der Waals surface area contributed by atoms with Gasteiger partial charge in [0.15, 0.2) is 5.82 Å². The molecule has 1 amide bonds. The van der Waals surface area contributed by atoms with Crippen LogP contribution in [0, 0.1) is 19.7 Å². The van der Waals surface area contributed by atoms with Gasteiger partial charge in [0.1, 0.15) is 18.5 Å². The molecule has 0 aliphatic heterocycles. The number of hydrogen-bond donors (Lipinski definition) is 1. The molecular weight excluding hydrogens is 359 g/mol. The molecule has 4 rings (SSSR count). The number of aryl methyl sites for hydroxylation is 1. The predicted molar refractivity (Wildman–Crippen MR) is 102 cm³/mol. The number of amides is 1. The number of anilines is 1. The van der Waals surface area contributed by atoms with Crippen molar-refractivity contribution in [1.82, 2.24) is 24.3 Å². The molecule has 0 aliphatic carbocycles. The Hall–Kier alpha value is -3.81. The van der Waals surface area contributed by atoms with Gasteiger partial charge in [-0.25, -0.2) is 19.0 Å². The van der Waals surface area contributed by atoms with E-state index in [1.165, 1.54) is 29.5 Å². The minimum absolute atomic E-state index is 0.268. The molecule has 7 nitrogen and oxygen atoms in total. The van der Waals surface area contributed by atoms with Crippen LogP contribution in [0.1, 0.15) is 21.7 Å². The van der Waals surface area contributed by atoms with Gasteiger partial charge in [0, 0.05) is 23.3 Å². The highest BCUT2D eigenvalue weighted by Gasteiger charge is 2.18. The van der Waals surface area contributed by atoms with Gasteiger partial charge in [-0.2, -0.15) is 5.10 Å². The summed E-state index contributed by atoms with van der Waals surface area (Å²) in [5.41, 5.74) is 3.46. The van der Waals surface area contributed by atoms with Crippen molar-refractivity contribution in [3.05, 3.63) is 84.1 Å². The average Bonchev–Trinajstić information content (AvgIpc) is 3.32. The van der Waals surface area contributed by atoms with Gasteiger partial charge in [0.05, 0.1) is 11.3 Å². The first-order valence-corrected chi connectivity index (χ1v) is 8.61. The fourth-order valence-corrected chi connectivity index (χ4v) is 3.16. The molecule has 140 valence electrons. The van der Waals surface area contributed by atoms with E-state index >= 15 is 0 Å². The molecule has 0 atom stereocenters. The molecule has 0 radical (unpaired) electrons. The quantitative estimate of drug-likeness (QED) is 0.592. The highest BCUT2D eigenvalue weighted by atomic mass is 19.1. The molecule has 0 aliphatic rings. The summed E-state index contributed by atoms with van der Waals surface area (Å²) < 4.78 is 16.6. The van der Waals surface area contributed by atoms with Crippen LogP contribution in [0.25, 0.3) is 11.5 Å². The standard InChI is InChI=1S/C20H17FN6O/c1-13-10-17(14(2)27(13)16-7-5-15(21)6-8-16)20(28)25-18-4-3-9-23-19(18)26-12-22-11-24-26/h3-12H,1-2H3,(H,25,28). The Bertz CT molecular complexity index is 1130. The lowest BCUT2D eigenvalue weighted by Gasteiger charge is -2.11. The average molecular weight is 376 g/mol. The van der Waals surface area contributed by atoms with Crippen molar-refractivity contribution < 1.29 is 9.18 Å². The Labute approximate surface area is 160 Å². The van der Waals surface area contributed by atoms with Gasteiger partial charge in [-0.1, -0.05) is 0 Å². The Morgan fingerprint density at radius 2 is 1.93 bits per heavy atom. The van der Waals surface area contributed by atoms with Gasteiger partial charge < -0.3 is 9.88 Å². The maximum absolute atomic E-state index is 13.2. The number of benzene rings is 1. The number of rotatable bonds is 4. The van der Waals surface area contributed by atoms with E-state index in [2.05, 4.69) is 20.4 Å². The molecule has 1 aromatic carbocycles. The van der Waals surface area contributed by atoms with Crippen LogP contribution >= 0.6 is 0 Å². The summed E-state index contributed by atoms with van der Waals surface area (Å²) in [4.78, 5) is 21.1. The molecule has 0 bridgehead atoms. The van der Waals surface area contributed by atoms with Crippen molar-refractivity contribution >= 4 is 11.6 Å². The maximum atomic E-state index is 13.2. The lowest BCUT2D eigenvalue weighted by Crippen LogP contribution is -2.15. The molecule has 0 spiro atoms. The van der Waals surface area contributed by atoms with Crippen molar-refractivity contribution in [3.8, 4) is 11.5 Å². The SMILES string of the molecule is Cc1cc(C(=O)Nc2cccnc2-n2cncn2)c(C)n1-c1ccc(F)cc1. The van der Waals surface area contributed by atoms with Crippen LogP contribution in [0.15, 0.2) is 61.3 Å². The van der Waals surface area contributed by atoms with E-state index in [4.69, 9.17) is 0 Å². The van der Waals surface area contributed by atoms with Crippen LogP contribution in [-0.4, -0.2) is 30.2 Å². The van der Waals surface area contributed by atoms with Crippen LogP contribution in [0.3, 0.4) is 0 Å². The number of hydrogen-bond acceptors (Lipinski definition) is 4. The van der Waals surface area contributed by atoms with E-state index in [-0.39, 0.29) is 11.7 Å². The third-order valence-corrected chi connectivity index (χ3v) is 4.43. The minimum atomic E-state index is -0.304. The third kappa shape index (κ3) is 3.16. The first-order valence-electron chi connectivity index (χ1n) is 8.61. The number of nitrogens with one attached hydrogen (secondary N) is 1. The summed E-state index contributed by atoms with van der Waals surface area (Å²) in [5.74, 6) is -0.0992. The van der Waals surface area contributed by atoms with Crippen LogP contribution in [-0.2, 0) is 0 Å². The molecule has 0 unspecified atom stereocenters. The number of carbonyl (C=O) groups excluding carboxylic acids is 1. The van der Waals surface area contributed by atoms with Gasteiger partial charge in [-0.15, -0.1) is 0 Å². The molecular formula is C20H17FN6O. The van der Waals surface area contributed by atoms with E-state index in [1.54, 1.807) is 36.5 Å². The Balaban J connectivity index is 1.67. The lowest BCUT2D eigenvalue weighted by molar-refractivity contribution is 0.102. The molecule has 28 heavy (non-hydrogen) atoms. The molecule has 3 aromatic heterocycles. The monoisotopic (exact) mass is 376 g/mol. The zero-order chi connectivity index (χ0) is 19.7. The van der Waals surface area contributed by atoms with Crippen LogP contribution in [0.5, 0.6) is 0 Å². The number of halogens is 1. The zero-order valence-electron chi connectivity index (χ0n) is 15.3. The number of aromatic nitrogens is 5. The summed E-state index contributed by atoms with van der Waals surface area (Å²) in [6, 6.07) is 11.4. The highest BCUT2D eigenvalue weighted by molar-refractivity contribution is 6.06. The normalized spacial score (nSPS) is 10.8. The summed E-state index contributed by atoms with van der Waals surface area (Å²) in [6.07, 6.45) is 4.53. The van der Waals surface area contributed by atoms with Gasteiger partial charge in [0.2, 0.25) is 0 Å². The Morgan fingerprint density at radius 3 is 2.64 bits per heavy atom. The van der Waals surface area contributed by atoms with Gasteiger partial charge >= 0.3 is 0 Å². The third-order valence-electron chi connectivity index (χ3n) is 4.43. The van der Waals surface area contributed by atoms with E-state index in [9.17, 15) is 9.18 Å². The summed E-state index contributed by atoms with van der Waals surface area (Å²) in [6.45, 7) is 3.75. The van der Waals surface area contributed by atoms with E-state index in [0.29, 0.717) is 17.1 Å². The first kappa shape index (κ1) is 17.6. The smallest absolute Gasteiger partial charge is 0.257 e.